The Bertz CT molecular complexity index is 1630. The second-order valence-corrected chi connectivity index (χ2v) is 14.1. The molecule has 1 aromatic rings. The minimum absolute atomic E-state index is 0.144. The Morgan fingerprint density at radius 2 is 1.80 bits per heavy atom. The number of amides is 2. The molecule has 2 bridgehead atoms. The van der Waals surface area contributed by atoms with Crippen molar-refractivity contribution in [2.24, 2.45) is 17.6 Å². The summed E-state index contributed by atoms with van der Waals surface area (Å²) < 4.78 is 30.3. The predicted octanol–water partition coefficient (Wildman–Crippen LogP) is 4.79. The van der Waals surface area contributed by atoms with E-state index in [0.717, 1.165) is 31.0 Å². The summed E-state index contributed by atoms with van der Waals surface area (Å²) in [5.74, 6) is -2.55. The highest BCUT2D eigenvalue weighted by Crippen LogP contribution is 2.29. The zero-order chi connectivity index (χ0) is 39.9. The number of aliphatic hydroxyl groups is 1. The third-order valence-electron chi connectivity index (χ3n) is 9.67. The first-order chi connectivity index (χ1) is 25.7. The molecule has 1 heterocycles. The van der Waals surface area contributed by atoms with Crippen LogP contribution in [0.3, 0.4) is 0 Å². The number of carbonyl (C=O) groups is 4. The van der Waals surface area contributed by atoms with E-state index >= 15 is 0 Å². The molecule has 6 atom stereocenters. The monoisotopic (exact) mass is 752 g/mol. The Morgan fingerprint density at radius 3 is 2.43 bits per heavy atom. The maximum Gasteiger partial charge on any atom is 0.405 e. The summed E-state index contributed by atoms with van der Waals surface area (Å²) in [5.41, 5.74) is 7.41. The zero-order valence-corrected chi connectivity index (χ0v) is 32.5. The largest absolute Gasteiger partial charge is 0.439 e. The summed E-state index contributed by atoms with van der Waals surface area (Å²) in [6.07, 6.45) is 5.58. The van der Waals surface area contributed by atoms with Crippen molar-refractivity contribution in [1.82, 2.24) is 15.5 Å². The summed E-state index contributed by atoms with van der Waals surface area (Å²) in [6.45, 7) is 11.4. The van der Waals surface area contributed by atoms with Crippen molar-refractivity contribution in [3.8, 4) is 0 Å². The van der Waals surface area contributed by atoms with Crippen LogP contribution in [-0.2, 0) is 35.1 Å². The number of unbranched alkanes of at least 4 members (excludes halogenated alkanes) is 1. The van der Waals surface area contributed by atoms with Gasteiger partial charge in [-0.05, 0) is 68.8 Å². The van der Waals surface area contributed by atoms with Crippen LogP contribution < -0.4 is 16.4 Å². The first-order valence-corrected chi connectivity index (χ1v) is 18.5. The fourth-order valence-electron chi connectivity index (χ4n) is 6.62. The lowest BCUT2D eigenvalue weighted by molar-refractivity contribution is -0.120. The van der Waals surface area contributed by atoms with Crippen molar-refractivity contribution in [2.45, 2.75) is 91.3 Å². The molecule has 0 saturated heterocycles. The van der Waals surface area contributed by atoms with E-state index in [4.69, 9.17) is 19.9 Å². The molecular formula is C41H57FN4O8. The number of allylic oxidation sites excluding steroid dienone is 4. The topological polar surface area (TPSA) is 170 Å². The van der Waals surface area contributed by atoms with Crippen LogP contribution in [0.5, 0.6) is 0 Å². The number of nitrogens with zero attached hydrogens (tertiary/aromatic N) is 1. The molecule has 0 aromatic heterocycles. The number of primary amides is 1. The lowest BCUT2D eigenvalue weighted by atomic mass is 9.85. The van der Waals surface area contributed by atoms with Gasteiger partial charge in [0.2, 0.25) is 11.6 Å². The molecule has 1 aromatic carbocycles. The van der Waals surface area contributed by atoms with Gasteiger partial charge in [0.05, 0.1) is 23.6 Å². The van der Waals surface area contributed by atoms with E-state index in [0.29, 0.717) is 31.6 Å². The second-order valence-electron chi connectivity index (χ2n) is 14.1. The van der Waals surface area contributed by atoms with Gasteiger partial charge in [-0.3, -0.25) is 19.3 Å². The highest BCUT2D eigenvalue weighted by atomic mass is 19.1. The van der Waals surface area contributed by atoms with Crippen LogP contribution in [0, 0.1) is 17.7 Å². The second kappa shape index (κ2) is 21.5. The van der Waals surface area contributed by atoms with Crippen molar-refractivity contribution in [3.63, 3.8) is 0 Å². The zero-order valence-electron chi connectivity index (χ0n) is 32.5. The van der Waals surface area contributed by atoms with E-state index in [-0.39, 0.29) is 40.7 Å². The van der Waals surface area contributed by atoms with Crippen LogP contribution in [0.4, 0.5) is 9.18 Å². The number of nitrogens with one attached hydrogen (secondary N) is 2. The van der Waals surface area contributed by atoms with Crippen LogP contribution in [0.15, 0.2) is 82.8 Å². The Labute approximate surface area is 318 Å². The highest BCUT2D eigenvalue weighted by Gasteiger charge is 2.33. The standard InChI is InChI=1S/C41H57FN4O8/c1-8-9-18-46(24-29-13-15-30(42)16-14-29)19-17-44-36-31-20-25(2)21-35(53-7)37(48)27(4)22-28(5)39(54-41(43)51)34(52-6)12-10-11-26(3)40(50)45-32(38(31)49)23-33(36)47/h10-16,22-23,25,27,34-35,37,39,44,48H,8-9,17-21,24H2,1-7H3,(H2,43,51)(H,45,50)/b12-10-,26-11+,28-22+/t25-,27+,34+,35+,37-,39+/m1/s1. The third kappa shape index (κ3) is 12.9. The molecule has 2 aliphatic rings. The number of halogens is 1. The average molecular weight is 753 g/mol. The number of carbonyl (C=O) groups excluding carboxylic acids is 4. The molecule has 5 N–H and O–H groups in total. The maximum absolute atomic E-state index is 14.1. The van der Waals surface area contributed by atoms with Crippen molar-refractivity contribution >= 4 is 23.6 Å². The van der Waals surface area contributed by atoms with Gasteiger partial charge in [0, 0.05) is 57.0 Å². The summed E-state index contributed by atoms with van der Waals surface area (Å²) in [5, 5.41) is 17.3. The normalized spacial score (nSPS) is 27.4. The smallest absolute Gasteiger partial charge is 0.405 e. The lowest BCUT2D eigenvalue weighted by Gasteiger charge is -2.30. The fourth-order valence-corrected chi connectivity index (χ4v) is 6.62. The minimum Gasteiger partial charge on any atom is -0.439 e. The molecule has 1 aliphatic heterocycles. The number of ether oxygens (including phenoxy) is 3. The van der Waals surface area contributed by atoms with E-state index in [1.54, 1.807) is 51.1 Å². The molecule has 54 heavy (non-hydrogen) atoms. The van der Waals surface area contributed by atoms with Crippen molar-refractivity contribution in [1.29, 1.82) is 0 Å². The molecule has 12 nitrogen and oxygen atoms in total. The van der Waals surface area contributed by atoms with Gasteiger partial charge in [-0.1, -0.05) is 63.6 Å². The molecule has 0 fully saturated rings. The molecule has 1 aliphatic carbocycles. The number of methoxy groups -OCH3 is 2. The number of hydrogen-bond acceptors (Lipinski definition) is 10. The van der Waals surface area contributed by atoms with Crippen LogP contribution in [0.1, 0.15) is 65.9 Å². The summed E-state index contributed by atoms with van der Waals surface area (Å²) in [6, 6.07) is 6.37. The van der Waals surface area contributed by atoms with Gasteiger partial charge in [-0.25, -0.2) is 9.18 Å². The number of fused-ring (bicyclic) bond motifs is 2. The molecule has 0 spiro atoms. The van der Waals surface area contributed by atoms with Gasteiger partial charge in [-0.2, -0.15) is 0 Å². The van der Waals surface area contributed by atoms with Crippen molar-refractivity contribution in [2.75, 3.05) is 33.9 Å². The van der Waals surface area contributed by atoms with Crippen molar-refractivity contribution in [3.05, 3.63) is 94.1 Å². The van der Waals surface area contributed by atoms with Gasteiger partial charge in [0.1, 0.15) is 11.9 Å². The lowest BCUT2D eigenvalue weighted by Crippen LogP contribution is -2.39. The van der Waals surface area contributed by atoms with Gasteiger partial charge in [-0.15, -0.1) is 0 Å². The number of benzene rings is 1. The first-order valence-electron chi connectivity index (χ1n) is 18.5. The summed E-state index contributed by atoms with van der Waals surface area (Å²) in [4.78, 5) is 55.1. The van der Waals surface area contributed by atoms with E-state index in [9.17, 15) is 28.7 Å². The predicted molar refractivity (Wildman–Crippen MR) is 204 cm³/mol. The molecule has 3 rings (SSSR count). The third-order valence-corrected chi connectivity index (χ3v) is 9.67. The SMILES string of the molecule is CCCCN(CCNC1=C2C[C@@H](C)C[C@H](OC)[C@H](O)[C@@H](C)/C=C(\C)[C@H](OC(N)=O)[C@@H](OC)/C=C\C=C(/C)C(=O)NC(=CC1=O)C2=O)Cc1ccc(F)cc1. The molecule has 296 valence electrons. The van der Waals surface area contributed by atoms with Gasteiger partial charge in [0.25, 0.3) is 5.91 Å². The fraction of sp³-hybridized carbons (Fsp3) is 0.512. The summed E-state index contributed by atoms with van der Waals surface area (Å²) >= 11 is 0. The molecule has 13 heteroatoms. The molecule has 0 radical (unpaired) electrons. The quantitative estimate of drug-likeness (QED) is 0.172. The van der Waals surface area contributed by atoms with Gasteiger partial charge >= 0.3 is 6.09 Å². The average Bonchev–Trinajstić information content (AvgIpc) is 3.13. The molecular weight excluding hydrogens is 695 g/mol. The van der Waals surface area contributed by atoms with E-state index in [1.807, 2.05) is 6.92 Å². The maximum atomic E-state index is 14.1. The Morgan fingerprint density at radius 1 is 1.09 bits per heavy atom. The molecule has 0 unspecified atom stereocenters. The number of nitrogens with two attached hydrogens (primary N) is 1. The van der Waals surface area contributed by atoms with Gasteiger partial charge in [0.15, 0.2) is 6.10 Å². The highest BCUT2D eigenvalue weighted by molar-refractivity contribution is 6.23. The number of ketones is 2. The summed E-state index contributed by atoms with van der Waals surface area (Å²) in [7, 11) is 2.93. The number of rotatable bonds is 12. The number of Topliss-reactive ketones (excluding diaryl/α,β-unsaturated/α-hetero) is 1. The van der Waals surface area contributed by atoms with E-state index < -0.39 is 53.9 Å². The van der Waals surface area contributed by atoms with Gasteiger partial charge < -0.3 is 35.7 Å². The Balaban J connectivity index is 1.98. The van der Waals surface area contributed by atoms with Crippen LogP contribution >= 0.6 is 0 Å². The van der Waals surface area contributed by atoms with Crippen molar-refractivity contribution < 1.29 is 42.9 Å². The van der Waals surface area contributed by atoms with E-state index in [1.165, 1.54) is 32.4 Å². The first kappa shape index (κ1) is 44.0. The van der Waals surface area contributed by atoms with E-state index in [2.05, 4.69) is 22.5 Å². The van der Waals surface area contributed by atoms with Crippen LogP contribution in [0.2, 0.25) is 0 Å². The Hall–Kier alpha value is -4.43. The number of hydrogen-bond donors (Lipinski definition) is 4. The van der Waals surface area contributed by atoms with Crippen LogP contribution in [0.25, 0.3) is 0 Å². The molecule has 2 amide bonds. The van der Waals surface area contributed by atoms with Crippen LogP contribution in [-0.4, -0.2) is 91.8 Å². The number of aliphatic hydroxyl groups excluding tert-OH is 1. The Kier molecular flexibility index (Phi) is 17.5. The molecule has 0 saturated carbocycles. The minimum atomic E-state index is -1.01.